The van der Waals surface area contributed by atoms with Crippen molar-refractivity contribution in [2.75, 3.05) is 32.7 Å². The van der Waals surface area contributed by atoms with E-state index in [0.717, 1.165) is 32.0 Å². The van der Waals surface area contributed by atoms with Gasteiger partial charge in [-0.3, -0.25) is 4.90 Å². The number of rotatable bonds is 9. The van der Waals surface area contributed by atoms with Gasteiger partial charge in [0.1, 0.15) is 0 Å². The maximum atomic E-state index is 5.63. The number of nitrogens with zero attached hydrogens (tertiary/aromatic N) is 1. The van der Waals surface area contributed by atoms with Gasteiger partial charge < -0.3 is 4.74 Å². The van der Waals surface area contributed by atoms with E-state index in [9.17, 15) is 0 Å². The Balaban J connectivity index is 3.52. The lowest BCUT2D eigenvalue weighted by Crippen LogP contribution is -2.34. The fourth-order valence-electron chi connectivity index (χ4n) is 1.42. The van der Waals surface area contributed by atoms with Crippen molar-refractivity contribution in [3.8, 4) is 0 Å². The zero-order valence-electron chi connectivity index (χ0n) is 9.76. The first kappa shape index (κ1) is 14.2. The number of methoxy groups -OCH3 is 1. The maximum Gasteiger partial charge on any atom is 0.0589 e. The van der Waals surface area contributed by atoms with Crippen molar-refractivity contribution in [2.24, 2.45) is 0 Å². The average Bonchev–Trinajstić information content (AvgIpc) is 2.16. The van der Waals surface area contributed by atoms with E-state index in [4.69, 9.17) is 16.3 Å². The minimum atomic E-state index is 0.612. The summed E-state index contributed by atoms with van der Waals surface area (Å²) in [5.74, 6) is 0.791. The molecule has 0 aliphatic rings. The topological polar surface area (TPSA) is 12.5 Å². The van der Waals surface area contributed by atoms with Crippen molar-refractivity contribution >= 4 is 11.6 Å². The molecule has 0 aromatic rings. The third kappa shape index (κ3) is 7.60. The van der Waals surface area contributed by atoms with E-state index in [1.165, 1.54) is 12.8 Å². The molecule has 0 saturated heterocycles. The predicted octanol–water partition coefficient (Wildman–Crippen LogP) is 2.75. The number of hydrogen-bond donors (Lipinski definition) is 0. The first-order chi connectivity index (χ1) is 6.72. The third-order valence-electron chi connectivity index (χ3n) is 2.39. The molecular formula is C11H24ClNO. The fraction of sp³-hybridized carbons (Fsp3) is 1.00. The normalized spacial score (nSPS) is 11.6. The Morgan fingerprint density at radius 3 is 2.36 bits per heavy atom. The predicted molar refractivity (Wildman–Crippen MR) is 63.2 cm³/mol. The molecule has 0 radical (unpaired) electrons. The Morgan fingerprint density at radius 2 is 1.86 bits per heavy atom. The molecular weight excluding hydrogens is 198 g/mol. The highest BCUT2D eigenvalue weighted by Gasteiger charge is 2.07. The molecule has 0 rings (SSSR count). The summed E-state index contributed by atoms with van der Waals surface area (Å²) in [6, 6.07) is 0.612. The van der Waals surface area contributed by atoms with Gasteiger partial charge in [0, 0.05) is 25.6 Å². The summed E-state index contributed by atoms with van der Waals surface area (Å²) in [5.41, 5.74) is 0. The van der Waals surface area contributed by atoms with Crippen LogP contribution in [0.1, 0.15) is 33.1 Å². The number of unbranched alkanes of at least 4 members (excludes halogenated alkanes) is 2. The van der Waals surface area contributed by atoms with Crippen LogP contribution in [0.2, 0.25) is 0 Å². The lowest BCUT2D eigenvalue weighted by Gasteiger charge is -2.25. The van der Waals surface area contributed by atoms with Crippen molar-refractivity contribution in [1.82, 2.24) is 4.90 Å². The van der Waals surface area contributed by atoms with Gasteiger partial charge in [0.05, 0.1) is 6.61 Å². The van der Waals surface area contributed by atoms with Gasteiger partial charge in [0.25, 0.3) is 0 Å². The summed E-state index contributed by atoms with van der Waals surface area (Å²) in [4.78, 5) is 2.46. The molecule has 0 saturated carbocycles. The first-order valence-electron chi connectivity index (χ1n) is 5.51. The summed E-state index contributed by atoms with van der Waals surface area (Å²) in [6.45, 7) is 7.50. The molecule has 0 aromatic carbocycles. The summed E-state index contributed by atoms with van der Waals surface area (Å²) in [6.07, 6.45) is 3.62. The number of halogens is 1. The van der Waals surface area contributed by atoms with Crippen LogP contribution in [-0.2, 0) is 4.74 Å². The van der Waals surface area contributed by atoms with E-state index in [1.54, 1.807) is 7.11 Å². The maximum absolute atomic E-state index is 5.63. The van der Waals surface area contributed by atoms with Crippen molar-refractivity contribution in [3.63, 3.8) is 0 Å². The molecule has 0 atom stereocenters. The summed E-state index contributed by atoms with van der Waals surface area (Å²) >= 11 is 5.63. The van der Waals surface area contributed by atoms with Crippen LogP contribution in [0, 0.1) is 0 Å². The van der Waals surface area contributed by atoms with E-state index < -0.39 is 0 Å². The number of alkyl halides is 1. The van der Waals surface area contributed by atoms with Gasteiger partial charge in [-0.05, 0) is 33.2 Å². The standard InChI is InChI=1S/C11H24ClNO/c1-11(2)13(9-10-14-3)8-6-4-5-7-12/h11H,4-10H2,1-3H3. The first-order valence-corrected chi connectivity index (χ1v) is 6.04. The summed E-state index contributed by atoms with van der Waals surface area (Å²) < 4.78 is 5.09. The van der Waals surface area contributed by atoms with Crippen LogP contribution in [0.25, 0.3) is 0 Å². The van der Waals surface area contributed by atoms with Crippen molar-refractivity contribution in [1.29, 1.82) is 0 Å². The van der Waals surface area contributed by atoms with Crippen molar-refractivity contribution in [2.45, 2.75) is 39.2 Å². The zero-order valence-corrected chi connectivity index (χ0v) is 10.5. The smallest absolute Gasteiger partial charge is 0.0589 e. The Hall–Kier alpha value is 0.210. The van der Waals surface area contributed by atoms with Gasteiger partial charge in [-0.1, -0.05) is 6.42 Å². The van der Waals surface area contributed by atoms with Crippen LogP contribution in [0.4, 0.5) is 0 Å². The van der Waals surface area contributed by atoms with Crippen LogP contribution >= 0.6 is 11.6 Å². The zero-order chi connectivity index (χ0) is 10.8. The number of hydrogen-bond acceptors (Lipinski definition) is 2. The minimum Gasteiger partial charge on any atom is -0.383 e. The van der Waals surface area contributed by atoms with E-state index in [-0.39, 0.29) is 0 Å². The largest absolute Gasteiger partial charge is 0.383 e. The highest BCUT2D eigenvalue weighted by atomic mass is 35.5. The molecule has 0 spiro atoms. The third-order valence-corrected chi connectivity index (χ3v) is 2.66. The van der Waals surface area contributed by atoms with E-state index >= 15 is 0 Å². The summed E-state index contributed by atoms with van der Waals surface area (Å²) in [7, 11) is 1.76. The molecule has 0 aliphatic heterocycles. The Morgan fingerprint density at radius 1 is 1.14 bits per heavy atom. The Bertz CT molecular complexity index is 120. The molecule has 0 bridgehead atoms. The molecule has 0 unspecified atom stereocenters. The molecule has 3 heteroatoms. The monoisotopic (exact) mass is 221 g/mol. The van der Waals surface area contributed by atoms with Crippen LogP contribution in [0.15, 0.2) is 0 Å². The van der Waals surface area contributed by atoms with Crippen LogP contribution in [0.3, 0.4) is 0 Å². The molecule has 0 N–H and O–H groups in total. The molecule has 14 heavy (non-hydrogen) atoms. The molecule has 0 heterocycles. The van der Waals surface area contributed by atoms with Crippen LogP contribution in [-0.4, -0.2) is 43.6 Å². The molecule has 0 amide bonds. The Labute approximate surface area is 93.6 Å². The van der Waals surface area contributed by atoms with E-state index in [1.807, 2.05) is 0 Å². The molecule has 0 aliphatic carbocycles. The van der Waals surface area contributed by atoms with Crippen molar-refractivity contribution < 1.29 is 4.74 Å². The van der Waals surface area contributed by atoms with Gasteiger partial charge in [0.2, 0.25) is 0 Å². The van der Waals surface area contributed by atoms with Crippen LogP contribution < -0.4 is 0 Å². The SMILES string of the molecule is COCCN(CCCCCCl)C(C)C. The second kappa shape index (κ2) is 9.75. The van der Waals surface area contributed by atoms with Gasteiger partial charge in [-0.2, -0.15) is 0 Å². The molecule has 2 nitrogen and oxygen atoms in total. The molecule has 0 fully saturated rings. The Kier molecular flexibility index (Phi) is 9.90. The fourth-order valence-corrected chi connectivity index (χ4v) is 1.61. The second-order valence-corrected chi connectivity index (χ2v) is 4.25. The van der Waals surface area contributed by atoms with E-state index in [2.05, 4.69) is 18.7 Å². The highest BCUT2D eigenvalue weighted by molar-refractivity contribution is 6.17. The van der Waals surface area contributed by atoms with Crippen molar-refractivity contribution in [3.05, 3.63) is 0 Å². The van der Waals surface area contributed by atoms with E-state index in [0.29, 0.717) is 6.04 Å². The average molecular weight is 222 g/mol. The molecule has 86 valence electrons. The van der Waals surface area contributed by atoms with Gasteiger partial charge in [-0.25, -0.2) is 0 Å². The number of ether oxygens (including phenoxy) is 1. The quantitative estimate of drug-likeness (QED) is 0.439. The lowest BCUT2D eigenvalue weighted by atomic mass is 10.2. The summed E-state index contributed by atoms with van der Waals surface area (Å²) in [5, 5.41) is 0. The lowest BCUT2D eigenvalue weighted by molar-refractivity contribution is 0.128. The van der Waals surface area contributed by atoms with Gasteiger partial charge >= 0.3 is 0 Å². The minimum absolute atomic E-state index is 0.612. The highest BCUT2D eigenvalue weighted by Crippen LogP contribution is 2.03. The second-order valence-electron chi connectivity index (χ2n) is 3.87. The van der Waals surface area contributed by atoms with Gasteiger partial charge in [-0.15, -0.1) is 11.6 Å². The van der Waals surface area contributed by atoms with Crippen LogP contribution in [0.5, 0.6) is 0 Å². The van der Waals surface area contributed by atoms with Gasteiger partial charge in [0.15, 0.2) is 0 Å². The molecule has 0 aromatic heterocycles.